The molecule has 0 aliphatic carbocycles. The van der Waals surface area contributed by atoms with E-state index in [1.165, 1.54) is 4.90 Å². The van der Waals surface area contributed by atoms with Gasteiger partial charge in [-0.05, 0) is 37.1 Å². The quantitative estimate of drug-likeness (QED) is 0.910. The molecule has 1 N–H and O–H groups in total. The number of carboxylic acids is 1. The molecule has 1 saturated heterocycles. The summed E-state index contributed by atoms with van der Waals surface area (Å²) in [4.78, 5) is 24.6. The molecule has 1 amide bonds. The van der Waals surface area contributed by atoms with Gasteiger partial charge < -0.3 is 10.0 Å². The number of carboxylic acid groups (broad SMARTS) is 1. The number of hydrogen-bond donors (Lipinski definition) is 1. The Kier molecular flexibility index (Phi) is 3.47. The van der Waals surface area contributed by atoms with Crippen LogP contribution in [0.1, 0.15) is 23.2 Å². The molecular formula is C12H12BrNO3. The fourth-order valence-electron chi connectivity index (χ4n) is 2.02. The summed E-state index contributed by atoms with van der Waals surface area (Å²) in [5.74, 6) is -1.13. The van der Waals surface area contributed by atoms with Gasteiger partial charge in [-0.3, -0.25) is 4.79 Å². The number of rotatable bonds is 2. The normalized spacial score (nSPS) is 19.4. The molecule has 0 saturated carbocycles. The first kappa shape index (κ1) is 12.1. The van der Waals surface area contributed by atoms with Gasteiger partial charge in [0.1, 0.15) is 6.04 Å². The van der Waals surface area contributed by atoms with Crippen molar-refractivity contribution in [2.24, 2.45) is 0 Å². The van der Waals surface area contributed by atoms with Crippen molar-refractivity contribution in [2.75, 3.05) is 6.54 Å². The molecule has 1 unspecified atom stereocenters. The van der Waals surface area contributed by atoms with Crippen LogP contribution in [0.25, 0.3) is 0 Å². The highest BCUT2D eigenvalue weighted by atomic mass is 79.9. The highest BCUT2D eigenvalue weighted by Gasteiger charge is 2.34. The third-order valence-corrected chi connectivity index (χ3v) is 3.42. The van der Waals surface area contributed by atoms with E-state index >= 15 is 0 Å². The van der Waals surface area contributed by atoms with Crippen LogP contribution in [0.5, 0.6) is 0 Å². The van der Waals surface area contributed by atoms with E-state index in [2.05, 4.69) is 15.9 Å². The van der Waals surface area contributed by atoms with Crippen LogP contribution in [0.3, 0.4) is 0 Å². The summed E-state index contributed by atoms with van der Waals surface area (Å²) < 4.78 is 0.894. The highest BCUT2D eigenvalue weighted by molar-refractivity contribution is 9.10. The van der Waals surface area contributed by atoms with Crippen molar-refractivity contribution in [3.8, 4) is 0 Å². The Morgan fingerprint density at radius 1 is 1.29 bits per heavy atom. The average molecular weight is 298 g/mol. The summed E-state index contributed by atoms with van der Waals surface area (Å²) >= 11 is 3.29. The monoisotopic (exact) mass is 297 g/mol. The van der Waals surface area contributed by atoms with Gasteiger partial charge in [-0.1, -0.05) is 15.9 Å². The van der Waals surface area contributed by atoms with Crippen LogP contribution in [-0.4, -0.2) is 34.5 Å². The first-order valence-corrected chi connectivity index (χ1v) is 6.18. The number of hydrogen-bond acceptors (Lipinski definition) is 2. The van der Waals surface area contributed by atoms with Gasteiger partial charge in [-0.2, -0.15) is 0 Å². The summed E-state index contributed by atoms with van der Waals surface area (Å²) in [6.45, 7) is 0.520. The molecule has 1 aliphatic heterocycles. The zero-order valence-corrected chi connectivity index (χ0v) is 10.7. The van der Waals surface area contributed by atoms with Gasteiger partial charge >= 0.3 is 5.97 Å². The molecule has 1 fully saturated rings. The van der Waals surface area contributed by atoms with Crippen molar-refractivity contribution in [3.63, 3.8) is 0 Å². The summed E-state index contributed by atoms with van der Waals surface area (Å²) in [6.07, 6.45) is 1.29. The largest absolute Gasteiger partial charge is 0.480 e. The Morgan fingerprint density at radius 2 is 1.94 bits per heavy atom. The Morgan fingerprint density at radius 3 is 2.53 bits per heavy atom. The molecule has 17 heavy (non-hydrogen) atoms. The second-order valence-electron chi connectivity index (χ2n) is 4.00. The molecule has 1 aliphatic rings. The summed E-state index contributed by atoms with van der Waals surface area (Å²) in [6, 6.07) is 6.27. The van der Waals surface area contributed by atoms with Crippen LogP contribution < -0.4 is 0 Å². The molecule has 2 rings (SSSR count). The number of nitrogens with zero attached hydrogens (tertiary/aromatic N) is 1. The zero-order valence-electron chi connectivity index (χ0n) is 9.10. The smallest absolute Gasteiger partial charge is 0.326 e. The van der Waals surface area contributed by atoms with Crippen LogP contribution >= 0.6 is 15.9 Å². The van der Waals surface area contributed by atoms with Gasteiger partial charge in [0.15, 0.2) is 0 Å². The number of halogens is 1. The van der Waals surface area contributed by atoms with E-state index in [1.807, 2.05) is 0 Å². The molecule has 0 radical (unpaired) electrons. The number of likely N-dealkylation sites (tertiary alicyclic amines) is 1. The second kappa shape index (κ2) is 4.87. The van der Waals surface area contributed by atoms with E-state index in [0.29, 0.717) is 18.5 Å². The second-order valence-corrected chi connectivity index (χ2v) is 4.92. The number of carbonyl (C=O) groups is 2. The molecule has 1 atom stereocenters. The number of carbonyl (C=O) groups excluding carboxylic acids is 1. The Balaban J connectivity index is 2.19. The molecule has 5 heteroatoms. The van der Waals surface area contributed by atoms with Crippen molar-refractivity contribution in [2.45, 2.75) is 18.9 Å². The van der Waals surface area contributed by atoms with E-state index in [0.717, 1.165) is 10.9 Å². The van der Waals surface area contributed by atoms with Crippen LogP contribution in [0, 0.1) is 0 Å². The molecular weight excluding hydrogens is 286 g/mol. The van der Waals surface area contributed by atoms with Crippen LogP contribution in [0.4, 0.5) is 0 Å². The maximum absolute atomic E-state index is 12.1. The predicted molar refractivity (Wildman–Crippen MR) is 65.8 cm³/mol. The van der Waals surface area contributed by atoms with Gasteiger partial charge in [0.2, 0.25) is 0 Å². The van der Waals surface area contributed by atoms with Crippen molar-refractivity contribution < 1.29 is 14.7 Å². The average Bonchev–Trinajstić information content (AvgIpc) is 2.78. The lowest BCUT2D eigenvalue weighted by atomic mass is 10.1. The third kappa shape index (κ3) is 2.49. The minimum absolute atomic E-state index is 0.206. The zero-order chi connectivity index (χ0) is 12.4. The van der Waals surface area contributed by atoms with E-state index in [1.54, 1.807) is 24.3 Å². The topological polar surface area (TPSA) is 57.6 Å². The lowest BCUT2D eigenvalue weighted by Crippen LogP contribution is -2.40. The van der Waals surface area contributed by atoms with Gasteiger partial charge in [-0.15, -0.1) is 0 Å². The van der Waals surface area contributed by atoms with E-state index in [9.17, 15) is 9.59 Å². The minimum Gasteiger partial charge on any atom is -0.480 e. The SMILES string of the molecule is O=C(O)C1CCCN1C(=O)c1ccc(Br)cc1. The van der Waals surface area contributed by atoms with Gasteiger partial charge in [-0.25, -0.2) is 4.79 Å². The Hall–Kier alpha value is -1.36. The number of aliphatic carboxylic acids is 1. The maximum Gasteiger partial charge on any atom is 0.326 e. The summed E-state index contributed by atoms with van der Waals surface area (Å²) in [7, 11) is 0. The van der Waals surface area contributed by atoms with Crippen molar-refractivity contribution in [1.82, 2.24) is 4.90 Å². The third-order valence-electron chi connectivity index (χ3n) is 2.89. The maximum atomic E-state index is 12.1. The van der Waals surface area contributed by atoms with E-state index in [4.69, 9.17) is 5.11 Å². The Bertz CT molecular complexity index is 444. The molecule has 1 heterocycles. The highest BCUT2D eigenvalue weighted by Crippen LogP contribution is 2.21. The van der Waals surface area contributed by atoms with Gasteiger partial charge in [0.25, 0.3) is 5.91 Å². The fourth-order valence-corrected chi connectivity index (χ4v) is 2.29. The molecule has 4 nitrogen and oxygen atoms in total. The van der Waals surface area contributed by atoms with Crippen molar-refractivity contribution in [3.05, 3.63) is 34.3 Å². The summed E-state index contributed by atoms with van der Waals surface area (Å²) in [5.41, 5.74) is 0.529. The molecule has 1 aromatic rings. The first-order valence-electron chi connectivity index (χ1n) is 5.39. The Labute approximate surface area is 107 Å². The molecule has 1 aromatic carbocycles. The van der Waals surface area contributed by atoms with Crippen molar-refractivity contribution >= 4 is 27.8 Å². The molecule has 0 bridgehead atoms. The predicted octanol–water partition coefficient (Wildman–Crippen LogP) is 2.14. The van der Waals surface area contributed by atoms with E-state index in [-0.39, 0.29) is 5.91 Å². The lowest BCUT2D eigenvalue weighted by molar-refractivity contribution is -0.141. The van der Waals surface area contributed by atoms with Crippen LogP contribution in [-0.2, 0) is 4.79 Å². The van der Waals surface area contributed by atoms with Crippen LogP contribution in [0.15, 0.2) is 28.7 Å². The molecule has 0 spiro atoms. The van der Waals surface area contributed by atoms with E-state index < -0.39 is 12.0 Å². The van der Waals surface area contributed by atoms with Gasteiger partial charge in [0, 0.05) is 16.6 Å². The first-order chi connectivity index (χ1) is 8.09. The van der Waals surface area contributed by atoms with Crippen molar-refractivity contribution in [1.29, 1.82) is 0 Å². The minimum atomic E-state index is -0.923. The number of amides is 1. The van der Waals surface area contributed by atoms with Gasteiger partial charge in [0.05, 0.1) is 0 Å². The molecule has 90 valence electrons. The standard InChI is InChI=1S/C12H12BrNO3/c13-9-5-3-8(4-6-9)11(15)14-7-1-2-10(14)12(16)17/h3-6,10H,1-2,7H2,(H,16,17). The summed E-state index contributed by atoms with van der Waals surface area (Å²) in [5, 5.41) is 9.02. The lowest BCUT2D eigenvalue weighted by Gasteiger charge is -2.21. The fraction of sp³-hybridized carbons (Fsp3) is 0.333. The van der Waals surface area contributed by atoms with Crippen LogP contribution in [0.2, 0.25) is 0 Å². The molecule has 0 aromatic heterocycles. The number of benzene rings is 1.